The monoisotopic (exact) mass is 322 g/mol. The molecule has 3 heteroatoms. The van der Waals surface area contributed by atoms with Gasteiger partial charge in [-0.1, -0.05) is 62.6 Å². The lowest BCUT2D eigenvalue weighted by molar-refractivity contribution is 0.0978. The Kier molecular flexibility index (Phi) is 5.32. The summed E-state index contributed by atoms with van der Waals surface area (Å²) in [6, 6.07) is 18.0. The number of ether oxygens (including phenoxy) is 2. The first-order valence-corrected chi connectivity index (χ1v) is 8.54. The van der Waals surface area contributed by atoms with Crippen LogP contribution in [0.3, 0.4) is 0 Å². The van der Waals surface area contributed by atoms with Crippen LogP contribution in [0.15, 0.2) is 54.6 Å². The predicted molar refractivity (Wildman–Crippen MR) is 97.6 cm³/mol. The quantitative estimate of drug-likeness (QED) is 0.238. The number of unbranched alkanes of at least 4 members (excludes halogenated alkanes) is 3. The molecule has 3 nitrogen and oxygen atoms in total. The second kappa shape index (κ2) is 7.82. The van der Waals surface area contributed by atoms with Gasteiger partial charge in [-0.15, -0.1) is 0 Å². The fraction of sp³-hybridized carbons (Fsp3) is 0.286. The molecule has 124 valence electrons. The number of carbonyl (C=O) groups excluding carboxylic acids is 1. The summed E-state index contributed by atoms with van der Waals surface area (Å²) in [5.74, 6) is 0.539. The highest BCUT2D eigenvalue weighted by atomic mass is 16.7. The lowest BCUT2D eigenvalue weighted by Crippen LogP contribution is -2.11. The van der Waals surface area contributed by atoms with Gasteiger partial charge in [0.15, 0.2) is 0 Å². The number of carbonyl (C=O) groups is 1. The minimum absolute atomic E-state index is 0.409. The molecule has 0 aliphatic carbocycles. The van der Waals surface area contributed by atoms with Crippen LogP contribution >= 0.6 is 0 Å². The first kappa shape index (κ1) is 16.3. The summed E-state index contributed by atoms with van der Waals surface area (Å²) < 4.78 is 10.6. The van der Waals surface area contributed by atoms with Gasteiger partial charge >= 0.3 is 6.16 Å². The largest absolute Gasteiger partial charge is 0.513 e. The van der Waals surface area contributed by atoms with Crippen molar-refractivity contribution in [2.75, 3.05) is 6.61 Å². The molecule has 24 heavy (non-hydrogen) atoms. The SMILES string of the molecule is CCCCCCOC(=O)Oc1cccc2cc3ccccc3cc12. The van der Waals surface area contributed by atoms with Crippen molar-refractivity contribution in [3.8, 4) is 5.75 Å². The summed E-state index contributed by atoms with van der Waals surface area (Å²) >= 11 is 0. The van der Waals surface area contributed by atoms with Crippen LogP contribution in [0.5, 0.6) is 5.75 Å². The summed E-state index contributed by atoms with van der Waals surface area (Å²) in [4.78, 5) is 11.9. The summed E-state index contributed by atoms with van der Waals surface area (Å²) in [5, 5.41) is 4.25. The highest BCUT2D eigenvalue weighted by Crippen LogP contribution is 2.30. The van der Waals surface area contributed by atoms with Gasteiger partial charge in [0.1, 0.15) is 5.75 Å². The average molecular weight is 322 g/mol. The van der Waals surface area contributed by atoms with Gasteiger partial charge in [0.2, 0.25) is 0 Å². The third-order valence-electron chi connectivity index (χ3n) is 4.12. The van der Waals surface area contributed by atoms with Crippen molar-refractivity contribution >= 4 is 27.7 Å². The van der Waals surface area contributed by atoms with Gasteiger partial charge in [-0.25, -0.2) is 4.79 Å². The fourth-order valence-electron chi connectivity index (χ4n) is 2.83. The van der Waals surface area contributed by atoms with Gasteiger partial charge in [-0.05, 0) is 40.8 Å². The molecule has 0 aromatic heterocycles. The van der Waals surface area contributed by atoms with E-state index >= 15 is 0 Å². The molecule has 0 N–H and O–H groups in total. The Morgan fingerprint density at radius 2 is 1.62 bits per heavy atom. The van der Waals surface area contributed by atoms with E-state index in [1.165, 1.54) is 5.39 Å². The second-order valence-corrected chi connectivity index (χ2v) is 5.94. The molecule has 0 fully saturated rings. The van der Waals surface area contributed by atoms with E-state index < -0.39 is 6.16 Å². The van der Waals surface area contributed by atoms with Gasteiger partial charge in [0, 0.05) is 5.39 Å². The molecular formula is C21H22O3. The average Bonchev–Trinajstić information content (AvgIpc) is 2.60. The molecule has 0 saturated heterocycles. The highest BCUT2D eigenvalue weighted by molar-refractivity contribution is 6.01. The van der Waals surface area contributed by atoms with E-state index in [0.29, 0.717) is 12.4 Å². The van der Waals surface area contributed by atoms with Crippen LogP contribution in [0.2, 0.25) is 0 Å². The van der Waals surface area contributed by atoms with Crippen LogP contribution in [0.25, 0.3) is 21.5 Å². The lowest BCUT2D eigenvalue weighted by atomic mass is 10.0. The fourth-order valence-corrected chi connectivity index (χ4v) is 2.83. The van der Waals surface area contributed by atoms with E-state index in [1.807, 2.05) is 24.3 Å². The number of rotatable bonds is 6. The summed E-state index contributed by atoms with van der Waals surface area (Å²) in [6.45, 7) is 2.56. The zero-order valence-corrected chi connectivity index (χ0v) is 14.0. The van der Waals surface area contributed by atoms with Crippen molar-refractivity contribution in [2.45, 2.75) is 32.6 Å². The van der Waals surface area contributed by atoms with Gasteiger partial charge in [-0.2, -0.15) is 0 Å². The molecule has 3 aromatic carbocycles. The normalized spacial score (nSPS) is 10.9. The van der Waals surface area contributed by atoms with Crippen molar-refractivity contribution in [3.05, 3.63) is 54.6 Å². The third kappa shape index (κ3) is 3.85. The maximum absolute atomic E-state index is 11.9. The molecule has 0 atom stereocenters. The van der Waals surface area contributed by atoms with E-state index in [-0.39, 0.29) is 0 Å². The number of hydrogen-bond donors (Lipinski definition) is 0. The molecule has 0 saturated carbocycles. The third-order valence-corrected chi connectivity index (χ3v) is 4.12. The molecule has 0 unspecified atom stereocenters. The lowest BCUT2D eigenvalue weighted by Gasteiger charge is -2.09. The van der Waals surface area contributed by atoms with Crippen LogP contribution in [0, 0.1) is 0 Å². The Bertz CT molecular complexity index is 839. The van der Waals surface area contributed by atoms with Crippen molar-refractivity contribution in [2.24, 2.45) is 0 Å². The number of benzene rings is 3. The maximum atomic E-state index is 11.9. The second-order valence-electron chi connectivity index (χ2n) is 5.94. The van der Waals surface area contributed by atoms with Crippen LogP contribution in [-0.4, -0.2) is 12.8 Å². The number of fused-ring (bicyclic) bond motifs is 2. The van der Waals surface area contributed by atoms with E-state index in [1.54, 1.807) is 6.07 Å². The highest BCUT2D eigenvalue weighted by Gasteiger charge is 2.10. The molecule has 0 bridgehead atoms. The van der Waals surface area contributed by atoms with Gasteiger partial charge in [0.25, 0.3) is 0 Å². The smallest absolute Gasteiger partial charge is 0.434 e. The molecule has 0 amide bonds. The van der Waals surface area contributed by atoms with Crippen molar-refractivity contribution in [1.82, 2.24) is 0 Å². The zero-order chi connectivity index (χ0) is 16.8. The Hall–Kier alpha value is -2.55. The minimum Gasteiger partial charge on any atom is -0.434 e. The van der Waals surface area contributed by atoms with Gasteiger partial charge in [0.05, 0.1) is 6.61 Å². The van der Waals surface area contributed by atoms with Crippen LogP contribution < -0.4 is 4.74 Å². The first-order valence-electron chi connectivity index (χ1n) is 8.54. The van der Waals surface area contributed by atoms with E-state index in [4.69, 9.17) is 9.47 Å². The topological polar surface area (TPSA) is 35.5 Å². The predicted octanol–water partition coefficient (Wildman–Crippen LogP) is 6.09. The van der Waals surface area contributed by atoms with Crippen molar-refractivity contribution < 1.29 is 14.3 Å². The number of hydrogen-bond acceptors (Lipinski definition) is 3. The summed E-state index contributed by atoms with van der Waals surface area (Å²) in [5.41, 5.74) is 0. The van der Waals surface area contributed by atoms with Crippen LogP contribution in [0.4, 0.5) is 4.79 Å². The minimum atomic E-state index is -0.632. The molecule has 0 aliphatic heterocycles. The maximum Gasteiger partial charge on any atom is 0.513 e. The molecule has 0 spiro atoms. The van der Waals surface area contributed by atoms with Crippen LogP contribution in [0.1, 0.15) is 32.6 Å². The van der Waals surface area contributed by atoms with Crippen LogP contribution in [-0.2, 0) is 4.74 Å². The zero-order valence-electron chi connectivity index (χ0n) is 14.0. The molecule has 3 aromatic rings. The summed E-state index contributed by atoms with van der Waals surface area (Å²) in [6.07, 6.45) is 3.64. The van der Waals surface area contributed by atoms with Crippen molar-refractivity contribution in [1.29, 1.82) is 0 Å². The standard InChI is InChI=1S/C21H22O3/c1-2-3-4-7-13-23-21(22)24-20-12-8-11-18-14-16-9-5-6-10-17(16)15-19(18)20/h5-6,8-12,14-15H,2-4,7,13H2,1H3. The molecular weight excluding hydrogens is 300 g/mol. The molecule has 3 rings (SSSR count). The molecule has 0 aliphatic rings. The molecule has 0 radical (unpaired) electrons. The van der Waals surface area contributed by atoms with Crippen molar-refractivity contribution in [3.63, 3.8) is 0 Å². The Morgan fingerprint density at radius 3 is 2.42 bits per heavy atom. The van der Waals surface area contributed by atoms with Gasteiger partial charge in [-0.3, -0.25) is 0 Å². The Morgan fingerprint density at radius 1 is 0.875 bits per heavy atom. The van der Waals surface area contributed by atoms with E-state index in [9.17, 15) is 4.79 Å². The van der Waals surface area contributed by atoms with E-state index in [2.05, 4.69) is 31.2 Å². The molecule has 0 heterocycles. The Balaban J connectivity index is 1.74. The van der Waals surface area contributed by atoms with E-state index in [0.717, 1.165) is 41.8 Å². The summed E-state index contributed by atoms with van der Waals surface area (Å²) in [7, 11) is 0. The van der Waals surface area contributed by atoms with Gasteiger partial charge < -0.3 is 9.47 Å². The first-order chi connectivity index (χ1) is 11.8. The Labute approximate surface area is 142 Å².